The average molecular weight is 438 g/mol. The second kappa shape index (κ2) is 9.91. The lowest BCUT2D eigenvalue weighted by molar-refractivity contribution is 0.0383. The van der Waals surface area contributed by atoms with Crippen LogP contribution >= 0.6 is 0 Å². The molecule has 0 radical (unpaired) electrons. The Kier molecular flexibility index (Phi) is 6.60. The highest BCUT2D eigenvalue weighted by Gasteiger charge is 2.20. The van der Waals surface area contributed by atoms with E-state index in [4.69, 9.17) is 14.2 Å². The molecule has 32 heavy (non-hydrogen) atoms. The van der Waals surface area contributed by atoms with Gasteiger partial charge in [0, 0.05) is 0 Å². The number of halogens is 2. The monoisotopic (exact) mass is 438 g/mol. The number of nitrogens with zero attached hydrogens (tertiary/aromatic N) is 2. The molecule has 1 aromatic heterocycles. The van der Waals surface area contributed by atoms with E-state index in [2.05, 4.69) is 4.98 Å². The minimum Gasteiger partial charge on any atom is -0.490 e. The smallest absolute Gasteiger partial charge is 0.342 e. The van der Waals surface area contributed by atoms with Gasteiger partial charge in [0.05, 0.1) is 11.0 Å². The first-order valence-corrected chi connectivity index (χ1v) is 9.94. The summed E-state index contributed by atoms with van der Waals surface area (Å²) in [5.74, 6) is 0.295. The van der Waals surface area contributed by atoms with Gasteiger partial charge in [0.1, 0.15) is 36.9 Å². The van der Waals surface area contributed by atoms with Crippen molar-refractivity contribution in [2.24, 2.45) is 0 Å². The lowest BCUT2D eigenvalue weighted by Gasteiger charge is -2.12. The van der Waals surface area contributed by atoms with E-state index in [9.17, 15) is 13.6 Å². The van der Waals surface area contributed by atoms with Crippen LogP contribution < -0.4 is 9.47 Å². The number of hydrogen-bond donors (Lipinski definition) is 0. The molecule has 4 rings (SSSR count). The van der Waals surface area contributed by atoms with Gasteiger partial charge in [-0.15, -0.1) is 0 Å². The number of imidazole rings is 1. The van der Waals surface area contributed by atoms with Gasteiger partial charge in [-0.2, -0.15) is 8.78 Å². The summed E-state index contributed by atoms with van der Waals surface area (Å²) in [4.78, 5) is 16.8. The molecule has 0 fully saturated rings. The number of esters is 1. The molecule has 0 aliphatic heterocycles. The Balaban J connectivity index is 1.40. The van der Waals surface area contributed by atoms with Crippen LogP contribution in [0, 0.1) is 0 Å². The highest BCUT2D eigenvalue weighted by molar-refractivity contribution is 5.92. The molecule has 8 heteroatoms. The minimum atomic E-state index is -2.81. The van der Waals surface area contributed by atoms with E-state index >= 15 is 0 Å². The van der Waals surface area contributed by atoms with Gasteiger partial charge in [-0.25, -0.2) is 9.78 Å². The fraction of sp³-hybridized carbons (Fsp3) is 0.167. The first-order chi connectivity index (χ1) is 15.6. The molecule has 1 heterocycles. The topological polar surface area (TPSA) is 62.6 Å². The Bertz CT molecular complexity index is 1200. The number of alkyl halides is 2. The van der Waals surface area contributed by atoms with E-state index in [0.29, 0.717) is 17.0 Å². The SMILES string of the molecule is O=C(OCc1nc2ccccc2n1C(F)F)c1ccccc1OCCOc1ccccc1. The van der Waals surface area contributed by atoms with E-state index in [-0.39, 0.29) is 30.1 Å². The zero-order valence-corrected chi connectivity index (χ0v) is 17.0. The van der Waals surface area contributed by atoms with Gasteiger partial charge >= 0.3 is 12.5 Å². The van der Waals surface area contributed by atoms with Gasteiger partial charge in [-0.1, -0.05) is 42.5 Å². The Morgan fingerprint density at radius 2 is 1.56 bits per heavy atom. The summed E-state index contributed by atoms with van der Waals surface area (Å²) in [6.07, 6.45) is 0. The second-order valence-electron chi connectivity index (χ2n) is 6.75. The minimum absolute atomic E-state index is 0.0378. The van der Waals surface area contributed by atoms with Gasteiger partial charge in [0.25, 0.3) is 0 Å². The molecule has 0 saturated heterocycles. The number of hydrogen-bond acceptors (Lipinski definition) is 5. The Morgan fingerprint density at radius 1 is 0.875 bits per heavy atom. The maximum Gasteiger partial charge on any atom is 0.342 e. The van der Waals surface area contributed by atoms with Crippen molar-refractivity contribution >= 4 is 17.0 Å². The van der Waals surface area contributed by atoms with Crippen LogP contribution in [0.2, 0.25) is 0 Å². The van der Waals surface area contributed by atoms with E-state index in [1.807, 2.05) is 30.3 Å². The molecule has 0 aliphatic rings. The van der Waals surface area contributed by atoms with Crippen LogP contribution in [-0.4, -0.2) is 28.7 Å². The predicted molar refractivity (Wildman–Crippen MR) is 114 cm³/mol. The highest BCUT2D eigenvalue weighted by atomic mass is 19.3. The molecular weight excluding hydrogens is 418 g/mol. The number of carbonyl (C=O) groups is 1. The van der Waals surface area contributed by atoms with Crippen molar-refractivity contribution < 1.29 is 27.8 Å². The highest BCUT2D eigenvalue weighted by Crippen LogP contribution is 2.24. The van der Waals surface area contributed by atoms with Crippen LogP contribution in [0.15, 0.2) is 78.9 Å². The summed E-state index contributed by atoms with van der Waals surface area (Å²) < 4.78 is 44.4. The summed E-state index contributed by atoms with van der Waals surface area (Å²) in [6, 6.07) is 22.4. The number of carbonyl (C=O) groups excluding carboxylic acids is 1. The van der Waals surface area contributed by atoms with Crippen LogP contribution in [0.5, 0.6) is 11.5 Å². The number of aromatic nitrogens is 2. The Hall–Kier alpha value is -3.94. The number of para-hydroxylation sites is 4. The standard InChI is InChI=1S/C24H20F2N2O4/c25-24(26)28-20-12-6-5-11-19(20)27-22(28)16-32-23(29)18-10-4-7-13-21(18)31-15-14-30-17-8-2-1-3-9-17/h1-13,24H,14-16H2. The molecule has 0 N–H and O–H groups in total. The second-order valence-corrected chi connectivity index (χ2v) is 6.75. The third-order valence-electron chi connectivity index (χ3n) is 4.66. The van der Waals surface area contributed by atoms with Crippen LogP contribution in [0.3, 0.4) is 0 Å². The molecule has 3 aromatic carbocycles. The molecule has 0 unspecified atom stereocenters. The van der Waals surface area contributed by atoms with E-state index in [1.54, 1.807) is 48.5 Å². The summed E-state index contributed by atoms with van der Waals surface area (Å²) >= 11 is 0. The van der Waals surface area contributed by atoms with Crippen LogP contribution in [0.1, 0.15) is 22.7 Å². The van der Waals surface area contributed by atoms with Gasteiger partial charge < -0.3 is 14.2 Å². The fourth-order valence-electron chi connectivity index (χ4n) is 3.21. The largest absolute Gasteiger partial charge is 0.490 e. The summed E-state index contributed by atoms with van der Waals surface area (Å²) in [5.41, 5.74) is 0.864. The van der Waals surface area contributed by atoms with Crippen molar-refractivity contribution in [2.45, 2.75) is 13.2 Å². The van der Waals surface area contributed by atoms with Gasteiger partial charge in [-0.05, 0) is 36.4 Å². The normalized spacial score (nSPS) is 11.0. The first kappa shape index (κ1) is 21.3. The van der Waals surface area contributed by atoms with Gasteiger partial charge in [-0.3, -0.25) is 4.57 Å². The van der Waals surface area contributed by atoms with Crippen molar-refractivity contribution in [1.82, 2.24) is 9.55 Å². The van der Waals surface area contributed by atoms with Crippen molar-refractivity contribution in [1.29, 1.82) is 0 Å². The molecular formula is C24H20F2N2O4. The third-order valence-corrected chi connectivity index (χ3v) is 4.66. The molecule has 0 bridgehead atoms. The van der Waals surface area contributed by atoms with E-state index < -0.39 is 19.1 Å². The third kappa shape index (κ3) is 4.85. The number of benzene rings is 3. The zero-order valence-electron chi connectivity index (χ0n) is 17.0. The van der Waals surface area contributed by atoms with E-state index in [0.717, 1.165) is 4.57 Å². The molecule has 0 atom stereocenters. The first-order valence-electron chi connectivity index (χ1n) is 9.94. The van der Waals surface area contributed by atoms with Gasteiger partial charge in [0.2, 0.25) is 0 Å². The van der Waals surface area contributed by atoms with Crippen molar-refractivity contribution in [3.8, 4) is 11.5 Å². The number of rotatable bonds is 9. The molecule has 0 spiro atoms. The van der Waals surface area contributed by atoms with E-state index in [1.165, 1.54) is 0 Å². The maximum atomic E-state index is 13.5. The van der Waals surface area contributed by atoms with Crippen LogP contribution in [-0.2, 0) is 11.3 Å². The molecule has 164 valence electrons. The molecule has 4 aromatic rings. The average Bonchev–Trinajstić information content (AvgIpc) is 3.20. The predicted octanol–water partition coefficient (Wildman–Crippen LogP) is 5.25. The van der Waals surface area contributed by atoms with Crippen molar-refractivity contribution in [2.75, 3.05) is 13.2 Å². The Labute approximate surface area is 183 Å². The van der Waals surface area contributed by atoms with Crippen molar-refractivity contribution in [3.05, 3.63) is 90.3 Å². The van der Waals surface area contributed by atoms with Crippen LogP contribution in [0.25, 0.3) is 11.0 Å². The van der Waals surface area contributed by atoms with Crippen molar-refractivity contribution in [3.63, 3.8) is 0 Å². The molecule has 0 saturated carbocycles. The zero-order chi connectivity index (χ0) is 22.3. The fourth-order valence-corrected chi connectivity index (χ4v) is 3.21. The maximum absolute atomic E-state index is 13.5. The number of fused-ring (bicyclic) bond motifs is 1. The molecule has 0 amide bonds. The van der Waals surface area contributed by atoms with Gasteiger partial charge in [0.15, 0.2) is 5.82 Å². The summed E-state index contributed by atoms with van der Waals surface area (Å²) in [7, 11) is 0. The Morgan fingerprint density at radius 3 is 2.38 bits per heavy atom. The molecule has 0 aliphatic carbocycles. The lowest BCUT2D eigenvalue weighted by atomic mass is 10.2. The summed E-state index contributed by atoms with van der Waals surface area (Å²) in [6.45, 7) is -2.72. The molecule has 6 nitrogen and oxygen atoms in total. The van der Waals surface area contributed by atoms with Crippen LogP contribution in [0.4, 0.5) is 8.78 Å². The lowest BCUT2D eigenvalue weighted by Crippen LogP contribution is -2.14. The quantitative estimate of drug-likeness (QED) is 0.264. The number of ether oxygens (including phenoxy) is 3. The summed E-state index contributed by atoms with van der Waals surface area (Å²) in [5, 5.41) is 0.